The van der Waals surface area contributed by atoms with Crippen LogP contribution in [0.4, 0.5) is 8.78 Å². The highest BCUT2D eigenvalue weighted by molar-refractivity contribution is 8.00. The lowest BCUT2D eigenvalue weighted by Gasteiger charge is -2.09. The molecule has 5 heteroatoms. The van der Waals surface area contributed by atoms with Crippen LogP contribution in [0.25, 0.3) is 0 Å². The van der Waals surface area contributed by atoms with E-state index in [1.165, 1.54) is 17.8 Å². The van der Waals surface area contributed by atoms with Crippen molar-refractivity contribution in [3.63, 3.8) is 0 Å². The molecule has 1 unspecified atom stereocenters. The van der Waals surface area contributed by atoms with Gasteiger partial charge in [-0.1, -0.05) is 0 Å². The first kappa shape index (κ1) is 14.1. The van der Waals surface area contributed by atoms with Gasteiger partial charge in [-0.2, -0.15) is 11.8 Å². The standard InChI is InChI=1S/C12H14F2O2S/c1-8(17-6-2-5-15)12(16)9-3-4-10(13)11(14)7-9/h3-4,7-8,15H,2,5-6H2,1H3. The molecule has 1 atom stereocenters. The van der Waals surface area contributed by atoms with Crippen molar-refractivity contribution in [3.05, 3.63) is 35.4 Å². The van der Waals surface area contributed by atoms with Crippen molar-refractivity contribution in [2.45, 2.75) is 18.6 Å². The molecule has 0 saturated heterocycles. The molecule has 0 heterocycles. The average Bonchev–Trinajstić information content (AvgIpc) is 2.32. The molecular formula is C12H14F2O2S. The molecule has 0 fully saturated rings. The number of carbonyl (C=O) groups is 1. The van der Waals surface area contributed by atoms with Crippen LogP contribution in [0.2, 0.25) is 0 Å². The summed E-state index contributed by atoms with van der Waals surface area (Å²) in [5, 5.41) is 8.28. The number of benzene rings is 1. The van der Waals surface area contributed by atoms with Crippen molar-refractivity contribution in [1.82, 2.24) is 0 Å². The van der Waals surface area contributed by atoms with Gasteiger partial charge < -0.3 is 5.11 Å². The van der Waals surface area contributed by atoms with Crippen LogP contribution in [0.15, 0.2) is 18.2 Å². The molecule has 0 aliphatic carbocycles. The Morgan fingerprint density at radius 1 is 1.41 bits per heavy atom. The van der Waals surface area contributed by atoms with Gasteiger partial charge in [-0.15, -0.1) is 0 Å². The molecule has 1 N–H and O–H groups in total. The van der Waals surface area contributed by atoms with E-state index in [0.717, 1.165) is 12.1 Å². The second-order valence-electron chi connectivity index (χ2n) is 3.58. The summed E-state index contributed by atoms with van der Waals surface area (Å²) < 4.78 is 25.6. The number of Topliss-reactive ketones (excluding diaryl/α,β-unsaturated/α-hetero) is 1. The minimum atomic E-state index is -1.01. The molecule has 1 rings (SSSR count). The highest BCUT2D eigenvalue weighted by Gasteiger charge is 2.16. The van der Waals surface area contributed by atoms with Gasteiger partial charge in [-0.25, -0.2) is 8.78 Å². The van der Waals surface area contributed by atoms with Gasteiger partial charge in [0.05, 0.1) is 5.25 Å². The number of rotatable bonds is 6. The van der Waals surface area contributed by atoms with Crippen molar-refractivity contribution < 1.29 is 18.7 Å². The van der Waals surface area contributed by atoms with Crippen LogP contribution >= 0.6 is 11.8 Å². The topological polar surface area (TPSA) is 37.3 Å². The Balaban J connectivity index is 2.65. The Hall–Kier alpha value is -0.940. The quantitative estimate of drug-likeness (QED) is 0.631. The summed E-state index contributed by atoms with van der Waals surface area (Å²) in [4.78, 5) is 11.8. The van der Waals surface area contributed by atoms with Crippen LogP contribution in [0.5, 0.6) is 0 Å². The number of aliphatic hydroxyl groups excluding tert-OH is 1. The highest BCUT2D eigenvalue weighted by atomic mass is 32.2. The number of ketones is 1. The highest BCUT2D eigenvalue weighted by Crippen LogP contribution is 2.18. The maximum absolute atomic E-state index is 12.9. The lowest BCUT2D eigenvalue weighted by molar-refractivity contribution is 0.0993. The van der Waals surface area contributed by atoms with Crippen LogP contribution in [-0.4, -0.2) is 28.5 Å². The maximum Gasteiger partial charge on any atom is 0.175 e. The zero-order valence-corrected chi connectivity index (χ0v) is 10.3. The van der Waals surface area contributed by atoms with Gasteiger partial charge in [0, 0.05) is 12.2 Å². The third kappa shape index (κ3) is 4.09. The van der Waals surface area contributed by atoms with Crippen molar-refractivity contribution >= 4 is 17.5 Å². The number of hydrogen-bond donors (Lipinski definition) is 1. The first-order chi connectivity index (χ1) is 8.06. The van der Waals surface area contributed by atoms with E-state index in [4.69, 9.17) is 5.11 Å². The lowest BCUT2D eigenvalue weighted by Crippen LogP contribution is -2.14. The minimum absolute atomic E-state index is 0.0824. The number of hydrogen-bond acceptors (Lipinski definition) is 3. The summed E-state index contributed by atoms with van der Waals surface area (Å²) in [6.07, 6.45) is 0.611. The molecule has 1 aromatic rings. The molecule has 0 radical (unpaired) electrons. The Labute approximate surface area is 103 Å². The fourth-order valence-corrected chi connectivity index (χ4v) is 2.22. The predicted octanol–water partition coefficient (Wildman–Crippen LogP) is 2.65. The predicted molar refractivity (Wildman–Crippen MR) is 64.3 cm³/mol. The summed E-state index contributed by atoms with van der Waals surface area (Å²) >= 11 is 1.39. The Bertz CT molecular complexity index is 396. The lowest BCUT2D eigenvalue weighted by atomic mass is 10.1. The van der Waals surface area contributed by atoms with Crippen LogP contribution in [0, 0.1) is 11.6 Å². The van der Waals surface area contributed by atoms with Crippen molar-refractivity contribution in [2.75, 3.05) is 12.4 Å². The van der Waals surface area contributed by atoms with E-state index in [-0.39, 0.29) is 23.2 Å². The smallest absolute Gasteiger partial charge is 0.175 e. The molecule has 0 saturated carbocycles. The zero-order valence-electron chi connectivity index (χ0n) is 9.45. The van der Waals surface area contributed by atoms with E-state index in [0.29, 0.717) is 12.2 Å². The molecule has 17 heavy (non-hydrogen) atoms. The molecule has 0 aromatic heterocycles. The molecule has 94 valence electrons. The van der Waals surface area contributed by atoms with Gasteiger partial charge in [0.1, 0.15) is 0 Å². The first-order valence-electron chi connectivity index (χ1n) is 5.28. The van der Waals surface area contributed by atoms with Crippen molar-refractivity contribution in [2.24, 2.45) is 0 Å². The van der Waals surface area contributed by atoms with Crippen molar-refractivity contribution in [1.29, 1.82) is 0 Å². The fraction of sp³-hybridized carbons (Fsp3) is 0.417. The monoisotopic (exact) mass is 260 g/mol. The van der Waals surface area contributed by atoms with E-state index in [1.807, 2.05) is 0 Å². The second-order valence-corrected chi connectivity index (χ2v) is 5.03. The molecule has 1 aromatic carbocycles. The van der Waals surface area contributed by atoms with Crippen LogP contribution in [0.1, 0.15) is 23.7 Å². The van der Waals surface area contributed by atoms with Crippen LogP contribution in [0.3, 0.4) is 0 Å². The molecule has 0 aliphatic rings. The van der Waals surface area contributed by atoms with Gasteiger partial charge in [0.2, 0.25) is 0 Å². The summed E-state index contributed by atoms with van der Waals surface area (Å²) in [7, 11) is 0. The molecule has 0 amide bonds. The summed E-state index contributed by atoms with van der Waals surface area (Å²) in [5.41, 5.74) is 0.174. The van der Waals surface area contributed by atoms with Crippen LogP contribution in [-0.2, 0) is 0 Å². The fourth-order valence-electron chi connectivity index (χ4n) is 1.28. The van der Waals surface area contributed by atoms with E-state index in [1.54, 1.807) is 6.92 Å². The molecular weight excluding hydrogens is 246 g/mol. The normalized spacial score (nSPS) is 12.5. The molecule has 0 bridgehead atoms. The van der Waals surface area contributed by atoms with E-state index in [9.17, 15) is 13.6 Å². The third-order valence-electron chi connectivity index (χ3n) is 2.24. The van der Waals surface area contributed by atoms with Gasteiger partial charge in [-0.3, -0.25) is 4.79 Å². The molecule has 0 spiro atoms. The van der Waals surface area contributed by atoms with E-state index >= 15 is 0 Å². The first-order valence-corrected chi connectivity index (χ1v) is 6.33. The van der Waals surface area contributed by atoms with Gasteiger partial charge in [0.15, 0.2) is 17.4 Å². The minimum Gasteiger partial charge on any atom is -0.396 e. The number of carbonyl (C=O) groups excluding carboxylic acids is 1. The van der Waals surface area contributed by atoms with Gasteiger partial charge >= 0.3 is 0 Å². The van der Waals surface area contributed by atoms with E-state index in [2.05, 4.69) is 0 Å². The Morgan fingerprint density at radius 2 is 2.12 bits per heavy atom. The van der Waals surface area contributed by atoms with E-state index < -0.39 is 11.6 Å². The largest absolute Gasteiger partial charge is 0.396 e. The number of thioether (sulfide) groups is 1. The molecule has 2 nitrogen and oxygen atoms in total. The average molecular weight is 260 g/mol. The number of halogens is 2. The third-order valence-corrected chi connectivity index (χ3v) is 3.48. The maximum atomic E-state index is 12.9. The Kier molecular flexibility index (Phi) is 5.58. The molecule has 0 aliphatic heterocycles. The Morgan fingerprint density at radius 3 is 2.71 bits per heavy atom. The SMILES string of the molecule is CC(SCCCO)C(=O)c1ccc(F)c(F)c1. The number of aliphatic hydroxyl groups is 1. The van der Waals surface area contributed by atoms with Gasteiger partial charge in [-0.05, 0) is 37.3 Å². The van der Waals surface area contributed by atoms with Crippen LogP contribution < -0.4 is 0 Å². The summed E-state index contributed by atoms with van der Waals surface area (Å²) in [5.74, 6) is -1.54. The van der Waals surface area contributed by atoms with Crippen molar-refractivity contribution in [3.8, 4) is 0 Å². The summed E-state index contributed by atoms with van der Waals surface area (Å²) in [6.45, 7) is 1.80. The summed E-state index contributed by atoms with van der Waals surface area (Å²) in [6, 6.07) is 3.15. The zero-order chi connectivity index (χ0) is 12.8. The van der Waals surface area contributed by atoms with Gasteiger partial charge in [0.25, 0.3) is 0 Å². The second kappa shape index (κ2) is 6.71.